The van der Waals surface area contributed by atoms with E-state index in [2.05, 4.69) is 10.5 Å². The number of carbonyl (C=O) groups excluding carboxylic acids is 1. The lowest BCUT2D eigenvalue weighted by molar-refractivity contribution is -0.121. The van der Waals surface area contributed by atoms with Crippen LogP contribution in [-0.4, -0.2) is 45.5 Å². The van der Waals surface area contributed by atoms with Crippen LogP contribution in [0.5, 0.6) is 11.5 Å². The first-order valence-corrected chi connectivity index (χ1v) is 11.9. The predicted molar refractivity (Wildman–Crippen MR) is 130 cm³/mol. The molecule has 0 fully saturated rings. The van der Waals surface area contributed by atoms with Crippen LogP contribution in [-0.2, 0) is 21.4 Å². The van der Waals surface area contributed by atoms with Gasteiger partial charge in [0.1, 0.15) is 23.0 Å². The zero-order chi connectivity index (χ0) is 24.6. The Balaban J connectivity index is 1.62. The van der Waals surface area contributed by atoms with Crippen molar-refractivity contribution in [2.24, 2.45) is 5.10 Å². The summed E-state index contributed by atoms with van der Waals surface area (Å²) in [6, 6.07) is 21.9. The molecule has 34 heavy (non-hydrogen) atoms. The molecule has 1 N–H and O–H groups in total. The number of hydrogen-bond donors (Lipinski definition) is 1. The Kier molecular flexibility index (Phi) is 8.39. The topological polar surface area (TPSA) is 97.3 Å². The number of likely N-dealkylation sites (N-methyl/N-ethyl adjacent to an activating group) is 1. The van der Waals surface area contributed by atoms with Crippen LogP contribution in [0.25, 0.3) is 0 Å². The van der Waals surface area contributed by atoms with E-state index in [1.807, 2.05) is 48.5 Å². The molecule has 9 heteroatoms. The summed E-state index contributed by atoms with van der Waals surface area (Å²) in [6.07, 6.45) is 1.45. The number of hydrogen-bond acceptors (Lipinski definition) is 6. The largest absolute Gasteiger partial charge is 0.495 e. The number of sulfonamides is 1. The highest BCUT2D eigenvalue weighted by Crippen LogP contribution is 2.27. The maximum absolute atomic E-state index is 12.9. The molecular formula is C25H27N3O5S. The molecule has 0 aliphatic carbocycles. The molecule has 0 radical (unpaired) electrons. The summed E-state index contributed by atoms with van der Waals surface area (Å²) >= 11 is 0. The van der Waals surface area contributed by atoms with Crippen LogP contribution in [0.3, 0.4) is 0 Å². The van der Waals surface area contributed by atoms with Gasteiger partial charge in [0.15, 0.2) is 0 Å². The number of carbonyl (C=O) groups is 1. The van der Waals surface area contributed by atoms with E-state index in [-0.39, 0.29) is 10.6 Å². The fourth-order valence-corrected chi connectivity index (χ4v) is 4.47. The van der Waals surface area contributed by atoms with Crippen molar-refractivity contribution in [2.75, 3.05) is 20.7 Å². The molecule has 0 atom stereocenters. The minimum atomic E-state index is -3.94. The Morgan fingerprint density at radius 1 is 1.03 bits per heavy atom. The number of methoxy groups -OCH3 is 1. The van der Waals surface area contributed by atoms with Gasteiger partial charge in [-0.05, 0) is 42.3 Å². The van der Waals surface area contributed by atoms with Gasteiger partial charge in [-0.3, -0.25) is 4.79 Å². The van der Waals surface area contributed by atoms with Crippen molar-refractivity contribution in [3.8, 4) is 11.5 Å². The number of rotatable bonds is 10. The highest BCUT2D eigenvalue weighted by atomic mass is 32.2. The molecule has 0 aliphatic heterocycles. The minimum absolute atomic E-state index is 0.00158. The zero-order valence-electron chi connectivity index (χ0n) is 19.3. The quantitative estimate of drug-likeness (QED) is 0.354. The van der Waals surface area contributed by atoms with E-state index in [0.717, 1.165) is 15.4 Å². The summed E-state index contributed by atoms with van der Waals surface area (Å²) in [4.78, 5) is 12.3. The van der Waals surface area contributed by atoms with Gasteiger partial charge in [-0.1, -0.05) is 48.5 Å². The molecule has 178 valence electrons. The molecule has 3 rings (SSSR count). The molecule has 8 nitrogen and oxygen atoms in total. The number of nitrogens with zero attached hydrogens (tertiary/aromatic N) is 2. The average Bonchev–Trinajstić information content (AvgIpc) is 2.84. The second kappa shape index (κ2) is 11.4. The van der Waals surface area contributed by atoms with Crippen LogP contribution < -0.4 is 14.9 Å². The highest BCUT2D eigenvalue weighted by molar-refractivity contribution is 7.89. The number of amides is 1. The van der Waals surface area contributed by atoms with Gasteiger partial charge in [0.05, 0.1) is 19.9 Å². The van der Waals surface area contributed by atoms with E-state index >= 15 is 0 Å². The molecule has 1 amide bonds. The molecule has 0 aromatic heterocycles. The summed E-state index contributed by atoms with van der Waals surface area (Å²) in [6.45, 7) is 1.76. The zero-order valence-corrected chi connectivity index (χ0v) is 20.1. The number of para-hydroxylation sites is 1. The number of ether oxygens (including phenoxy) is 2. The second-order valence-electron chi connectivity index (χ2n) is 7.52. The van der Waals surface area contributed by atoms with Crippen LogP contribution in [0.2, 0.25) is 0 Å². The molecule has 0 unspecified atom stereocenters. The van der Waals surface area contributed by atoms with Crippen molar-refractivity contribution in [1.82, 2.24) is 9.73 Å². The predicted octanol–water partition coefficient (Wildman–Crippen LogP) is 3.35. The van der Waals surface area contributed by atoms with E-state index in [0.29, 0.717) is 17.9 Å². The Morgan fingerprint density at radius 3 is 2.47 bits per heavy atom. The van der Waals surface area contributed by atoms with Gasteiger partial charge in [-0.15, -0.1) is 0 Å². The normalized spacial score (nSPS) is 11.5. The smallest absolute Gasteiger partial charge is 0.255 e. The molecule has 0 aliphatic rings. The van der Waals surface area contributed by atoms with Gasteiger partial charge in [0.25, 0.3) is 5.91 Å². The van der Waals surface area contributed by atoms with Crippen LogP contribution in [0.15, 0.2) is 82.8 Å². The summed E-state index contributed by atoms with van der Waals surface area (Å²) < 4.78 is 37.9. The van der Waals surface area contributed by atoms with Crippen LogP contribution in [0.4, 0.5) is 0 Å². The molecule has 0 bridgehead atoms. The standard InChI is InChI=1S/C25H27N3O5S/c1-19-13-14-23(32-3)24(15-19)34(30,31)28(2)17-25(29)27-26-16-21-11-7-8-12-22(21)33-18-20-9-5-4-6-10-20/h4-16H,17-18H2,1-3H3,(H,27,29). The first-order chi connectivity index (χ1) is 16.3. The average molecular weight is 482 g/mol. The fraction of sp³-hybridized carbons (Fsp3) is 0.200. The van der Waals surface area contributed by atoms with Crippen molar-refractivity contribution in [3.63, 3.8) is 0 Å². The third-order valence-electron chi connectivity index (χ3n) is 4.92. The summed E-state index contributed by atoms with van der Waals surface area (Å²) in [5.74, 6) is 0.232. The lowest BCUT2D eigenvalue weighted by atomic mass is 10.2. The summed E-state index contributed by atoms with van der Waals surface area (Å²) in [7, 11) is -1.22. The van der Waals surface area contributed by atoms with Gasteiger partial charge < -0.3 is 9.47 Å². The SMILES string of the molecule is COc1ccc(C)cc1S(=O)(=O)N(C)CC(=O)NN=Cc1ccccc1OCc1ccccc1. The first kappa shape index (κ1) is 24.9. The van der Waals surface area contributed by atoms with Gasteiger partial charge >= 0.3 is 0 Å². The van der Waals surface area contributed by atoms with Crippen LogP contribution >= 0.6 is 0 Å². The molecule has 3 aromatic carbocycles. The van der Waals surface area contributed by atoms with Crippen LogP contribution in [0.1, 0.15) is 16.7 Å². The molecule has 0 saturated carbocycles. The van der Waals surface area contributed by atoms with E-state index in [4.69, 9.17) is 9.47 Å². The lowest BCUT2D eigenvalue weighted by Crippen LogP contribution is -2.36. The fourth-order valence-electron chi connectivity index (χ4n) is 3.10. The van der Waals surface area contributed by atoms with E-state index in [9.17, 15) is 13.2 Å². The number of nitrogens with one attached hydrogen (secondary N) is 1. The number of aryl methyl sites for hydroxylation is 1. The molecule has 3 aromatic rings. The van der Waals surface area contributed by atoms with Crippen molar-refractivity contribution < 1.29 is 22.7 Å². The minimum Gasteiger partial charge on any atom is -0.495 e. The van der Waals surface area contributed by atoms with Gasteiger partial charge in [-0.2, -0.15) is 9.41 Å². The van der Waals surface area contributed by atoms with Crippen molar-refractivity contribution in [3.05, 3.63) is 89.5 Å². The monoisotopic (exact) mass is 481 g/mol. The van der Waals surface area contributed by atoms with E-state index in [1.54, 1.807) is 25.1 Å². The third-order valence-corrected chi connectivity index (χ3v) is 6.75. The van der Waals surface area contributed by atoms with Crippen molar-refractivity contribution >= 4 is 22.1 Å². The maximum Gasteiger partial charge on any atom is 0.255 e. The van der Waals surface area contributed by atoms with Gasteiger partial charge in [0.2, 0.25) is 10.0 Å². The Morgan fingerprint density at radius 2 is 1.74 bits per heavy atom. The summed E-state index contributed by atoms with van der Waals surface area (Å²) in [5, 5.41) is 3.96. The van der Waals surface area contributed by atoms with Gasteiger partial charge in [0, 0.05) is 12.6 Å². The molecule has 0 heterocycles. The Hall–Kier alpha value is -3.69. The van der Waals surface area contributed by atoms with E-state index < -0.39 is 22.5 Å². The van der Waals surface area contributed by atoms with E-state index in [1.165, 1.54) is 26.4 Å². The maximum atomic E-state index is 12.9. The van der Waals surface area contributed by atoms with Crippen LogP contribution in [0, 0.1) is 6.92 Å². The molecular weight excluding hydrogens is 454 g/mol. The lowest BCUT2D eigenvalue weighted by Gasteiger charge is -2.18. The Labute approximate surface area is 199 Å². The van der Waals surface area contributed by atoms with Crippen molar-refractivity contribution in [2.45, 2.75) is 18.4 Å². The first-order valence-electron chi connectivity index (χ1n) is 10.5. The molecule has 0 saturated heterocycles. The Bertz CT molecular complexity index is 1260. The van der Waals surface area contributed by atoms with Gasteiger partial charge in [-0.25, -0.2) is 13.8 Å². The highest BCUT2D eigenvalue weighted by Gasteiger charge is 2.26. The molecule has 0 spiro atoms. The number of hydrazone groups is 1. The number of benzene rings is 3. The van der Waals surface area contributed by atoms with Crippen molar-refractivity contribution in [1.29, 1.82) is 0 Å². The third kappa shape index (κ3) is 6.43. The summed E-state index contributed by atoms with van der Waals surface area (Å²) in [5.41, 5.74) is 4.82. The second-order valence-corrected chi connectivity index (χ2v) is 9.53.